The van der Waals surface area contributed by atoms with Gasteiger partial charge < -0.3 is 9.64 Å². The maximum absolute atomic E-state index is 7.92. The molecule has 1 unspecified atom stereocenters. The third kappa shape index (κ3) is 2.21. The van der Waals surface area contributed by atoms with Crippen LogP contribution in [-0.4, -0.2) is 37.0 Å². The SMILES string of the molecule is N=C(CC1CCOC1)N1CCCC1. The lowest BCUT2D eigenvalue weighted by atomic mass is 10.0. The van der Waals surface area contributed by atoms with Crippen LogP contribution in [0, 0.1) is 11.3 Å². The van der Waals surface area contributed by atoms with Crippen molar-refractivity contribution in [2.45, 2.75) is 25.7 Å². The van der Waals surface area contributed by atoms with Crippen LogP contribution in [0.1, 0.15) is 25.7 Å². The van der Waals surface area contributed by atoms with Crippen LogP contribution < -0.4 is 0 Å². The van der Waals surface area contributed by atoms with E-state index in [4.69, 9.17) is 10.1 Å². The molecule has 0 aromatic rings. The fourth-order valence-electron chi connectivity index (χ4n) is 2.13. The molecule has 0 aromatic carbocycles. The predicted octanol–water partition coefficient (Wildman–Crippen LogP) is 1.49. The minimum atomic E-state index is 0.619. The molecule has 2 fully saturated rings. The molecule has 2 rings (SSSR count). The highest BCUT2D eigenvalue weighted by Gasteiger charge is 2.21. The Bertz CT molecular complexity index is 181. The van der Waals surface area contributed by atoms with E-state index in [1.54, 1.807) is 0 Å². The van der Waals surface area contributed by atoms with Gasteiger partial charge in [0.2, 0.25) is 0 Å². The first-order valence-electron chi connectivity index (χ1n) is 5.26. The van der Waals surface area contributed by atoms with Crippen molar-refractivity contribution in [1.82, 2.24) is 4.90 Å². The molecule has 0 aromatic heterocycles. The first-order valence-corrected chi connectivity index (χ1v) is 5.26. The maximum atomic E-state index is 7.92. The molecule has 1 atom stereocenters. The van der Waals surface area contributed by atoms with Gasteiger partial charge in [-0.1, -0.05) is 0 Å². The largest absolute Gasteiger partial charge is 0.381 e. The molecular weight excluding hydrogens is 164 g/mol. The van der Waals surface area contributed by atoms with Gasteiger partial charge in [0.15, 0.2) is 0 Å². The van der Waals surface area contributed by atoms with Gasteiger partial charge in [-0.3, -0.25) is 5.41 Å². The first-order chi connectivity index (χ1) is 6.36. The van der Waals surface area contributed by atoms with Gasteiger partial charge in [0.05, 0.1) is 5.84 Å². The molecule has 3 nitrogen and oxygen atoms in total. The number of rotatable bonds is 2. The Hall–Kier alpha value is -0.570. The average molecular weight is 182 g/mol. The van der Waals surface area contributed by atoms with Gasteiger partial charge in [-0.05, 0) is 25.2 Å². The van der Waals surface area contributed by atoms with E-state index < -0.39 is 0 Å². The summed E-state index contributed by atoms with van der Waals surface area (Å²) in [6.45, 7) is 3.98. The first kappa shape index (κ1) is 9.00. The van der Waals surface area contributed by atoms with Crippen LogP contribution in [-0.2, 0) is 4.74 Å². The van der Waals surface area contributed by atoms with Crippen molar-refractivity contribution in [1.29, 1.82) is 5.41 Å². The molecule has 2 heterocycles. The molecule has 2 aliphatic heterocycles. The second-order valence-corrected chi connectivity index (χ2v) is 4.07. The van der Waals surface area contributed by atoms with Crippen LogP contribution in [0.25, 0.3) is 0 Å². The van der Waals surface area contributed by atoms with Gasteiger partial charge in [-0.2, -0.15) is 0 Å². The highest BCUT2D eigenvalue weighted by atomic mass is 16.5. The smallest absolute Gasteiger partial charge is 0.0961 e. The maximum Gasteiger partial charge on any atom is 0.0961 e. The number of ether oxygens (including phenoxy) is 1. The summed E-state index contributed by atoms with van der Waals surface area (Å²) in [7, 11) is 0. The molecule has 3 heteroatoms. The summed E-state index contributed by atoms with van der Waals surface area (Å²) in [5, 5.41) is 7.92. The summed E-state index contributed by atoms with van der Waals surface area (Å²) in [6.07, 6.45) is 4.61. The normalized spacial score (nSPS) is 28.3. The highest BCUT2D eigenvalue weighted by molar-refractivity contribution is 5.79. The van der Waals surface area contributed by atoms with Gasteiger partial charge in [0.1, 0.15) is 0 Å². The fourth-order valence-corrected chi connectivity index (χ4v) is 2.13. The third-order valence-electron chi connectivity index (χ3n) is 2.99. The molecule has 0 radical (unpaired) electrons. The fraction of sp³-hybridized carbons (Fsp3) is 0.900. The number of nitrogens with one attached hydrogen (secondary N) is 1. The van der Waals surface area contributed by atoms with Crippen LogP contribution >= 0.6 is 0 Å². The van der Waals surface area contributed by atoms with Gasteiger partial charge in [-0.15, -0.1) is 0 Å². The van der Waals surface area contributed by atoms with E-state index >= 15 is 0 Å². The van der Waals surface area contributed by atoms with Crippen molar-refractivity contribution < 1.29 is 4.74 Å². The van der Waals surface area contributed by atoms with Crippen molar-refractivity contribution in [3.05, 3.63) is 0 Å². The number of amidine groups is 1. The average Bonchev–Trinajstić information content (AvgIpc) is 2.74. The highest BCUT2D eigenvalue weighted by Crippen LogP contribution is 2.19. The van der Waals surface area contributed by atoms with Crippen LogP contribution in [0.5, 0.6) is 0 Å². The summed E-state index contributed by atoms with van der Waals surface area (Å²) < 4.78 is 5.31. The van der Waals surface area contributed by atoms with Crippen molar-refractivity contribution in [3.8, 4) is 0 Å². The number of hydrogen-bond acceptors (Lipinski definition) is 2. The van der Waals surface area contributed by atoms with E-state index in [9.17, 15) is 0 Å². The minimum Gasteiger partial charge on any atom is -0.381 e. The second kappa shape index (κ2) is 4.09. The summed E-state index contributed by atoms with van der Waals surface area (Å²) in [5.41, 5.74) is 0. The molecule has 0 bridgehead atoms. The molecule has 0 spiro atoms. The lowest BCUT2D eigenvalue weighted by Gasteiger charge is -2.20. The summed E-state index contributed by atoms with van der Waals surface area (Å²) >= 11 is 0. The van der Waals surface area contributed by atoms with Crippen LogP contribution in [0.15, 0.2) is 0 Å². The standard InChI is InChI=1S/C10H18N2O/c11-10(12-4-1-2-5-12)7-9-3-6-13-8-9/h9,11H,1-8H2. The Morgan fingerprint density at radius 2 is 2.15 bits per heavy atom. The zero-order chi connectivity index (χ0) is 9.10. The van der Waals surface area contributed by atoms with Crippen molar-refractivity contribution >= 4 is 5.84 Å². The van der Waals surface area contributed by atoms with Crippen molar-refractivity contribution in [2.75, 3.05) is 26.3 Å². The molecule has 2 aliphatic rings. The number of nitrogens with zero attached hydrogens (tertiary/aromatic N) is 1. The third-order valence-corrected chi connectivity index (χ3v) is 2.99. The van der Waals surface area contributed by atoms with E-state index in [0.717, 1.165) is 45.0 Å². The molecule has 13 heavy (non-hydrogen) atoms. The van der Waals surface area contributed by atoms with Crippen LogP contribution in [0.3, 0.4) is 0 Å². The molecule has 0 aliphatic carbocycles. The molecule has 0 amide bonds. The van der Waals surface area contributed by atoms with E-state index in [0.29, 0.717) is 5.92 Å². The topological polar surface area (TPSA) is 36.3 Å². The Morgan fingerprint density at radius 1 is 1.38 bits per heavy atom. The summed E-state index contributed by atoms with van der Waals surface area (Å²) in [6, 6.07) is 0. The van der Waals surface area contributed by atoms with Crippen molar-refractivity contribution in [3.63, 3.8) is 0 Å². The zero-order valence-electron chi connectivity index (χ0n) is 8.09. The number of hydrogen-bond donors (Lipinski definition) is 1. The van der Waals surface area contributed by atoms with Gasteiger partial charge >= 0.3 is 0 Å². The predicted molar refractivity (Wildman–Crippen MR) is 52.1 cm³/mol. The van der Waals surface area contributed by atoms with Crippen LogP contribution in [0.4, 0.5) is 0 Å². The Labute approximate surface area is 79.6 Å². The Morgan fingerprint density at radius 3 is 2.77 bits per heavy atom. The summed E-state index contributed by atoms with van der Waals surface area (Å²) in [4.78, 5) is 2.22. The van der Waals surface area contributed by atoms with Gasteiger partial charge in [-0.25, -0.2) is 0 Å². The quantitative estimate of drug-likeness (QED) is 0.519. The lowest BCUT2D eigenvalue weighted by molar-refractivity contribution is 0.186. The monoisotopic (exact) mass is 182 g/mol. The van der Waals surface area contributed by atoms with E-state index in [-0.39, 0.29) is 0 Å². The van der Waals surface area contributed by atoms with Gasteiger partial charge in [0.25, 0.3) is 0 Å². The summed E-state index contributed by atoms with van der Waals surface area (Å²) in [5.74, 6) is 1.46. The van der Waals surface area contributed by atoms with Gasteiger partial charge in [0, 0.05) is 32.7 Å². The lowest BCUT2D eigenvalue weighted by Crippen LogP contribution is -2.28. The number of likely N-dealkylation sites (tertiary alicyclic amines) is 1. The zero-order valence-corrected chi connectivity index (χ0v) is 8.09. The Kier molecular flexibility index (Phi) is 2.83. The Balaban J connectivity index is 1.76. The molecule has 74 valence electrons. The molecule has 0 saturated carbocycles. The van der Waals surface area contributed by atoms with E-state index in [2.05, 4.69) is 4.90 Å². The van der Waals surface area contributed by atoms with Crippen LogP contribution in [0.2, 0.25) is 0 Å². The second-order valence-electron chi connectivity index (χ2n) is 4.07. The minimum absolute atomic E-state index is 0.619. The molecule has 1 N–H and O–H groups in total. The van der Waals surface area contributed by atoms with E-state index in [1.807, 2.05) is 0 Å². The van der Waals surface area contributed by atoms with E-state index in [1.165, 1.54) is 12.8 Å². The molecular formula is C10H18N2O. The van der Waals surface area contributed by atoms with Crippen molar-refractivity contribution in [2.24, 2.45) is 5.92 Å². The molecule has 2 saturated heterocycles.